The van der Waals surface area contributed by atoms with Gasteiger partial charge in [0.2, 0.25) is 5.76 Å². The highest BCUT2D eigenvalue weighted by Gasteiger charge is 2.15. The van der Waals surface area contributed by atoms with E-state index in [9.17, 15) is 9.18 Å². The van der Waals surface area contributed by atoms with Gasteiger partial charge in [-0.1, -0.05) is 54.5 Å². The Labute approximate surface area is 145 Å². The first-order chi connectivity index (χ1) is 12.1. The van der Waals surface area contributed by atoms with E-state index >= 15 is 0 Å². The van der Waals surface area contributed by atoms with Gasteiger partial charge in [-0.15, -0.1) is 0 Å². The van der Waals surface area contributed by atoms with Crippen LogP contribution in [0, 0.1) is 5.82 Å². The van der Waals surface area contributed by atoms with Crippen molar-refractivity contribution < 1.29 is 13.7 Å². The van der Waals surface area contributed by atoms with Crippen LogP contribution in [0.2, 0.25) is 0 Å². The molecular weight excluding hydrogens is 319 g/mol. The Morgan fingerprint density at radius 2 is 1.96 bits per heavy atom. The molecule has 0 aliphatic rings. The molecular formula is C20H19FN2O2. The van der Waals surface area contributed by atoms with Crippen LogP contribution >= 0.6 is 0 Å². The Morgan fingerprint density at radius 1 is 1.16 bits per heavy atom. The van der Waals surface area contributed by atoms with E-state index in [2.05, 4.69) is 29.5 Å². The maximum atomic E-state index is 13.1. The number of nitrogens with zero attached hydrogens (tertiary/aromatic N) is 1. The molecule has 0 aliphatic carbocycles. The molecule has 128 valence electrons. The lowest BCUT2D eigenvalue weighted by molar-refractivity contribution is 0.0914. The fraction of sp³-hybridized carbons (Fsp3) is 0.200. The summed E-state index contributed by atoms with van der Waals surface area (Å²) < 4.78 is 18.3. The van der Waals surface area contributed by atoms with Gasteiger partial charge in [0.15, 0.2) is 0 Å². The molecule has 1 unspecified atom stereocenters. The topological polar surface area (TPSA) is 55.1 Å². The predicted molar refractivity (Wildman–Crippen MR) is 92.6 cm³/mol. The van der Waals surface area contributed by atoms with Gasteiger partial charge in [-0.3, -0.25) is 4.79 Å². The van der Waals surface area contributed by atoms with E-state index in [1.807, 2.05) is 18.2 Å². The van der Waals surface area contributed by atoms with E-state index in [-0.39, 0.29) is 29.9 Å². The summed E-state index contributed by atoms with van der Waals surface area (Å²) in [6, 6.07) is 17.9. The average molecular weight is 338 g/mol. The zero-order valence-corrected chi connectivity index (χ0v) is 13.9. The number of halogens is 1. The Kier molecular flexibility index (Phi) is 5.23. The fourth-order valence-electron chi connectivity index (χ4n) is 2.64. The number of carbonyl (C=O) groups is 1. The van der Waals surface area contributed by atoms with Gasteiger partial charge in [-0.05, 0) is 35.6 Å². The number of nitrogens with one attached hydrogen (secondary N) is 1. The van der Waals surface area contributed by atoms with Crippen molar-refractivity contribution in [3.05, 3.63) is 89.1 Å². The second-order valence-corrected chi connectivity index (χ2v) is 6.01. The summed E-state index contributed by atoms with van der Waals surface area (Å²) in [5.74, 6) is -0.264. The molecule has 1 heterocycles. The molecule has 0 radical (unpaired) electrons. The first-order valence-corrected chi connectivity index (χ1v) is 8.15. The Hall–Kier alpha value is -2.95. The molecule has 0 saturated carbocycles. The quantitative estimate of drug-likeness (QED) is 0.736. The molecule has 0 aliphatic heterocycles. The first kappa shape index (κ1) is 16.9. The van der Waals surface area contributed by atoms with E-state index in [1.165, 1.54) is 17.7 Å². The lowest BCUT2D eigenvalue weighted by atomic mass is 9.96. The number of hydrogen-bond donors (Lipinski definition) is 1. The molecule has 1 aromatic heterocycles. The molecule has 1 N–H and O–H groups in total. The lowest BCUT2D eigenvalue weighted by Crippen LogP contribution is -2.22. The number of amides is 1. The van der Waals surface area contributed by atoms with Gasteiger partial charge < -0.3 is 9.84 Å². The smallest absolute Gasteiger partial charge is 0.290 e. The predicted octanol–water partition coefficient (Wildman–Crippen LogP) is 4.09. The van der Waals surface area contributed by atoms with Crippen molar-refractivity contribution in [1.29, 1.82) is 0 Å². The summed E-state index contributed by atoms with van der Waals surface area (Å²) >= 11 is 0. The summed E-state index contributed by atoms with van der Waals surface area (Å²) in [6.07, 6.45) is 0.685. The summed E-state index contributed by atoms with van der Waals surface area (Å²) in [4.78, 5) is 12.1. The van der Waals surface area contributed by atoms with E-state index in [4.69, 9.17) is 4.52 Å². The highest BCUT2D eigenvalue weighted by Crippen LogP contribution is 2.20. The van der Waals surface area contributed by atoms with Crippen LogP contribution in [-0.4, -0.2) is 11.1 Å². The van der Waals surface area contributed by atoms with E-state index in [0.29, 0.717) is 12.0 Å². The standard InChI is InChI=1S/C20H19FN2O2/c1-14(16-7-3-2-4-8-16)10-18-12-19(25-23-18)20(24)22-13-15-6-5-9-17(21)11-15/h2-9,11-12,14H,10,13H2,1H3,(H,22,24). The third kappa shape index (κ3) is 4.53. The molecule has 0 bridgehead atoms. The molecule has 25 heavy (non-hydrogen) atoms. The highest BCUT2D eigenvalue weighted by molar-refractivity contribution is 5.91. The van der Waals surface area contributed by atoms with Crippen LogP contribution < -0.4 is 5.32 Å². The van der Waals surface area contributed by atoms with Crippen LogP contribution in [0.1, 0.15) is 40.2 Å². The monoisotopic (exact) mass is 338 g/mol. The van der Waals surface area contributed by atoms with Crippen molar-refractivity contribution in [2.45, 2.75) is 25.8 Å². The second-order valence-electron chi connectivity index (χ2n) is 6.01. The highest BCUT2D eigenvalue weighted by atomic mass is 19.1. The van der Waals surface area contributed by atoms with Gasteiger partial charge in [0, 0.05) is 12.6 Å². The molecule has 3 aromatic rings. The van der Waals surface area contributed by atoms with Crippen LogP contribution in [0.4, 0.5) is 4.39 Å². The van der Waals surface area contributed by atoms with Crippen LogP contribution in [0.15, 0.2) is 65.2 Å². The van der Waals surface area contributed by atoms with Crippen molar-refractivity contribution in [2.24, 2.45) is 0 Å². The minimum atomic E-state index is -0.365. The molecule has 0 saturated heterocycles. The Balaban J connectivity index is 1.58. The van der Waals surface area contributed by atoms with Gasteiger partial charge in [-0.25, -0.2) is 4.39 Å². The normalized spacial score (nSPS) is 11.9. The van der Waals surface area contributed by atoms with Crippen molar-refractivity contribution >= 4 is 5.91 Å². The number of carbonyl (C=O) groups excluding carboxylic acids is 1. The minimum Gasteiger partial charge on any atom is -0.351 e. The second kappa shape index (κ2) is 7.75. The molecule has 0 spiro atoms. The van der Waals surface area contributed by atoms with Crippen LogP contribution in [-0.2, 0) is 13.0 Å². The molecule has 1 atom stereocenters. The summed E-state index contributed by atoms with van der Waals surface area (Å²) in [7, 11) is 0. The molecule has 2 aromatic carbocycles. The number of hydrogen-bond acceptors (Lipinski definition) is 3. The van der Waals surface area contributed by atoms with Crippen LogP contribution in [0.25, 0.3) is 0 Å². The van der Waals surface area contributed by atoms with Crippen molar-refractivity contribution in [3.8, 4) is 0 Å². The van der Waals surface area contributed by atoms with E-state index in [1.54, 1.807) is 18.2 Å². The number of benzene rings is 2. The largest absolute Gasteiger partial charge is 0.351 e. The van der Waals surface area contributed by atoms with E-state index in [0.717, 1.165) is 5.69 Å². The SMILES string of the molecule is CC(Cc1cc(C(=O)NCc2cccc(F)c2)on1)c1ccccc1. The van der Waals surface area contributed by atoms with Gasteiger partial charge >= 0.3 is 0 Å². The van der Waals surface area contributed by atoms with Gasteiger partial charge in [0.25, 0.3) is 5.91 Å². The summed E-state index contributed by atoms with van der Waals surface area (Å²) in [6.45, 7) is 2.33. The van der Waals surface area contributed by atoms with Crippen LogP contribution in [0.3, 0.4) is 0 Å². The van der Waals surface area contributed by atoms with Crippen molar-refractivity contribution in [2.75, 3.05) is 0 Å². The summed E-state index contributed by atoms with van der Waals surface area (Å²) in [5, 5.41) is 6.68. The number of rotatable bonds is 6. The molecule has 1 amide bonds. The Morgan fingerprint density at radius 3 is 2.72 bits per heavy atom. The molecule has 3 rings (SSSR count). The van der Waals surface area contributed by atoms with Crippen molar-refractivity contribution in [1.82, 2.24) is 10.5 Å². The summed E-state index contributed by atoms with van der Waals surface area (Å²) in [5.41, 5.74) is 2.63. The lowest BCUT2D eigenvalue weighted by Gasteiger charge is -2.08. The van der Waals surface area contributed by atoms with E-state index < -0.39 is 0 Å². The van der Waals surface area contributed by atoms with Gasteiger partial charge in [0.05, 0.1) is 5.69 Å². The first-order valence-electron chi connectivity index (χ1n) is 8.15. The molecule has 5 heteroatoms. The third-order valence-corrected chi connectivity index (χ3v) is 4.01. The Bertz CT molecular complexity index is 846. The zero-order chi connectivity index (χ0) is 17.6. The molecule has 0 fully saturated rings. The van der Waals surface area contributed by atoms with Gasteiger partial charge in [-0.2, -0.15) is 0 Å². The van der Waals surface area contributed by atoms with Gasteiger partial charge in [0.1, 0.15) is 5.82 Å². The average Bonchev–Trinajstić information content (AvgIpc) is 3.09. The maximum absolute atomic E-state index is 13.1. The number of aromatic nitrogens is 1. The molecule has 4 nitrogen and oxygen atoms in total. The van der Waals surface area contributed by atoms with Crippen LogP contribution in [0.5, 0.6) is 0 Å². The minimum absolute atomic E-state index is 0.159. The fourth-order valence-corrected chi connectivity index (χ4v) is 2.64. The van der Waals surface area contributed by atoms with Crippen molar-refractivity contribution in [3.63, 3.8) is 0 Å². The maximum Gasteiger partial charge on any atom is 0.290 e. The third-order valence-electron chi connectivity index (χ3n) is 4.01. The zero-order valence-electron chi connectivity index (χ0n) is 13.9.